The van der Waals surface area contributed by atoms with Crippen molar-refractivity contribution in [1.82, 2.24) is 20.1 Å². The highest BCUT2D eigenvalue weighted by molar-refractivity contribution is 7.17. The van der Waals surface area contributed by atoms with Crippen LogP contribution in [0, 0.1) is 19.8 Å². The van der Waals surface area contributed by atoms with Crippen molar-refractivity contribution in [3.63, 3.8) is 0 Å². The molecule has 1 atom stereocenters. The Morgan fingerprint density at radius 2 is 2.17 bits per heavy atom. The minimum Gasteiger partial charge on any atom is -0.472 e. The van der Waals surface area contributed by atoms with Crippen LogP contribution < -0.4 is 10.6 Å². The van der Waals surface area contributed by atoms with Gasteiger partial charge in [-0.3, -0.25) is 24.4 Å². The number of aromatic nitrogens is 3. The molecule has 0 aliphatic heterocycles. The van der Waals surface area contributed by atoms with Gasteiger partial charge in [-0.05, 0) is 26.0 Å². The highest BCUT2D eigenvalue weighted by atomic mass is 32.1. The van der Waals surface area contributed by atoms with Crippen LogP contribution in [-0.2, 0) is 17.8 Å². The normalized spacial score (nSPS) is 15.7. The number of carbonyl (C=O) groups excluding carboxylic acids is 3. The van der Waals surface area contributed by atoms with Gasteiger partial charge in [0.15, 0.2) is 10.9 Å². The minimum atomic E-state index is -0.468. The van der Waals surface area contributed by atoms with Gasteiger partial charge in [-0.1, -0.05) is 11.3 Å². The average Bonchev–Trinajstić information content (AvgIpc) is 3.42. The predicted molar refractivity (Wildman–Crippen MR) is 110 cm³/mol. The van der Waals surface area contributed by atoms with Crippen molar-refractivity contribution in [3.8, 4) is 0 Å². The Morgan fingerprint density at radius 1 is 1.33 bits per heavy atom. The lowest BCUT2D eigenvalue weighted by atomic mass is 9.89. The Morgan fingerprint density at radius 3 is 2.87 bits per heavy atom. The molecule has 1 unspecified atom stereocenters. The Hall–Kier alpha value is -3.27. The molecule has 0 fully saturated rings. The molecular weight excluding hydrogens is 406 g/mol. The summed E-state index contributed by atoms with van der Waals surface area (Å²) in [5.74, 6) is -1.13. The quantitative estimate of drug-likeness (QED) is 0.623. The third-order valence-electron chi connectivity index (χ3n) is 4.92. The smallest absolute Gasteiger partial charge is 0.260 e. The zero-order valence-electron chi connectivity index (χ0n) is 16.6. The summed E-state index contributed by atoms with van der Waals surface area (Å²) < 4.78 is 6.74. The van der Waals surface area contributed by atoms with Gasteiger partial charge in [0.05, 0.1) is 40.6 Å². The van der Waals surface area contributed by atoms with Crippen LogP contribution in [0.3, 0.4) is 0 Å². The number of fused-ring (bicyclic) bond motifs is 1. The highest BCUT2D eigenvalue weighted by Gasteiger charge is 2.33. The summed E-state index contributed by atoms with van der Waals surface area (Å²) >= 11 is 1.14. The molecule has 2 N–H and O–H groups in total. The van der Waals surface area contributed by atoms with Crippen molar-refractivity contribution < 1.29 is 18.8 Å². The van der Waals surface area contributed by atoms with Crippen LogP contribution in [0.15, 0.2) is 29.1 Å². The molecule has 30 heavy (non-hydrogen) atoms. The van der Waals surface area contributed by atoms with Crippen LogP contribution >= 0.6 is 11.3 Å². The van der Waals surface area contributed by atoms with Gasteiger partial charge in [-0.15, -0.1) is 0 Å². The summed E-state index contributed by atoms with van der Waals surface area (Å²) in [6, 6.07) is 3.52. The molecule has 1 aliphatic rings. The summed E-state index contributed by atoms with van der Waals surface area (Å²) in [5.41, 5.74) is 2.89. The number of rotatable bonds is 6. The molecule has 3 aromatic rings. The number of carbonyl (C=O) groups is 3. The van der Waals surface area contributed by atoms with E-state index in [0.29, 0.717) is 40.8 Å². The first kappa shape index (κ1) is 20.0. The summed E-state index contributed by atoms with van der Waals surface area (Å²) in [6.45, 7) is 4.89. The number of nitrogens with one attached hydrogen (secondary N) is 2. The lowest BCUT2D eigenvalue weighted by Crippen LogP contribution is -2.37. The fourth-order valence-electron chi connectivity index (χ4n) is 3.46. The van der Waals surface area contributed by atoms with E-state index in [1.165, 1.54) is 12.5 Å². The van der Waals surface area contributed by atoms with E-state index in [2.05, 4.69) is 20.7 Å². The van der Waals surface area contributed by atoms with Crippen LogP contribution in [0.4, 0.5) is 5.13 Å². The average molecular weight is 427 g/mol. The number of hydrogen-bond donors (Lipinski definition) is 2. The standard InChI is InChI=1S/C20H21N5O4S/c1-11-7-12(2)25(24-11)5-4-21-18(27)14-8-15-17(16(26)9-14)30-20(22-15)23-19(28)13-3-6-29-10-13/h3,6-7,10,14H,4-5,8-9H2,1-2H3,(H,21,27)(H,22,23,28). The largest absolute Gasteiger partial charge is 0.472 e. The van der Waals surface area contributed by atoms with Gasteiger partial charge in [-0.25, -0.2) is 4.98 Å². The van der Waals surface area contributed by atoms with Crippen molar-refractivity contribution in [3.05, 3.63) is 52.2 Å². The third kappa shape index (κ3) is 4.18. The fraction of sp³-hybridized carbons (Fsp3) is 0.350. The van der Waals surface area contributed by atoms with Gasteiger partial charge < -0.3 is 9.73 Å². The van der Waals surface area contributed by atoms with E-state index in [1.807, 2.05) is 24.6 Å². The predicted octanol–water partition coefficient (Wildman–Crippen LogP) is 2.36. The van der Waals surface area contributed by atoms with Crippen LogP contribution in [0.5, 0.6) is 0 Å². The van der Waals surface area contributed by atoms with Crippen molar-refractivity contribution in [1.29, 1.82) is 0 Å². The summed E-state index contributed by atoms with van der Waals surface area (Å²) in [5, 5.41) is 10.3. The molecule has 156 valence electrons. The first-order valence-corrected chi connectivity index (χ1v) is 10.4. The lowest BCUT2D eigenvalue weighted by Gasteiger charge is -2.19. The van der Waals surface area contributed by atoms with Gasteiger partial charge in [0.25, 0.3) is 5.91 Å². The Labute approximate surface area is 176 Å². The number of nitrogens with zero attached hydrogens (tertiary/aromatic N) is 3. The van der Waals surface area contributed by atoms with E-state index in [4.69, 9.17) is 4.42 Å². The second-order valence-corrected chi connectivity index (χ2v) is 8.23. The van der Waals surface area contributed by atoms with E-state index >= 15 is 0 Å². The molecule has 0 radical (unpaired) electrons. The zero-order chi connectivity index (χ0) is 21.3. The number of anilines is 1. The van der Waals surface area contributed by atoms with Crippen LogP contribution in [0.25, 0.3) is 0 Å². The van der Waals surface area contributed by atoms with Gasteiger partial charge in [0.1, 0.15) is 6.26 Å². The van der Waals surface area contributed by atoms with Gasteiger partial charge >= 0.3 is 0 Å². The molecule has 0 bridgehead atoms. The molecular formula is C20H21N5O4S. The molecule has 0 saturated heterocycles. The highest BCUT2D eigenvalue weighted by Crippen LogP contribution is 2.32. The minimum absolute atomic E-state index is 0.128. The molecule has 3 aromatic heterocycles. The summed E-state index contributed by atoms with van der Waals surface area (Å²) in [7, 11) is 0. The van der Waals surface area contributed by atoms with E-state index in [9.17, 15) is 14.4 Å². The SMILES string of the molecule is Cc1cc(C)n(CCNC(=O)C2CC(=O)c3sc(NC(=O)c4ccoc4)nc3C2)n1. The molecule has 1 aliphatic carbocycles. The lowest BCUT2D eigenvalue weighted by molar-refractivity contribution is -0.125. The molecule has 0 saturated carbocycles. The molecule has 10 heteroatoms. The fourth-order valence-corrected chi connectivity index (χ4v) is 4.40. The number of amides is 2. The van der Waals surface area contributed by atoms with Crippen LogP contribution in [0.1, 0.15) is 43.5 Å². The van der Waals surface area contributed by atoms with Crippen molar-refractivity contribution in [2.45, 2.75) is 33.2 Å². The number of thiazole rings is 1. The molecule has 9 nitrogen and oxygen atoms in total. The number of aryl methyl sites for hydroxylation is 2. The second kappa shape index (κ2) is 8.23. The Bertz CT molecular complexity index is 1100. The van der Waals surface area contributed by atoms with E-state index in [1.54, 1.807) is 6.07 Å². The van der Waals surface area contributed by atoms with Crippen molar-refractivity contribution >= 4 is 34.1 Å². The second-order valence-electron chi connectivity index (χ2n) is 7.23. The molecule has 0 aromatic carbocycles. The number of ketones is 1. The van der Waals surface area contributed by atoms with Crippen LogP contribution in [-0.4, -0.2) is 38.9 Å². The van der Waals surface area contributed by atoms with E-state index < -0.39 is 5.92 Å². The van der Waals surface area contributed by atoms with E-state index in [-0.39, 0.29) is 24.0 Å². The number of furan rings is 1. The maximum Gasteiger partial charge on any atom is 0.260 e. The maximum atomic E-state index is 12.6. The summed E-state index contributed by atoms with van der Waals surface area (Å²) in [6.07, 6.45) is 3.24. The van der Waals surface area contributed by atoms with Crippen molar-refractivity contribution in [2.75, 3.05) is 11.9 Å². The first-order valence-electron chi connectivity index (χ1n) is 9.56. The molecule has 0 spiro atoms. The van der Waals surface area contributed by atoms with Crippen LogP contribution in [0.2, 0.25) is 0 Å². The Kier molecular flexibility index (Phi) is 5.49. The number of hydrogen-bond acceptors (Lipinski definition) is 7. The van der Waals surface area contributed by atoms with Crippen molar-refractivity contribution in [2.24, 2.45) is 5.92 Å². The first-order chi connectivity index (χ1) is 14.4. The number of Topliss-reactive ketones (excluding diaryl/α,β-unsaturated/α-hetero) is 1. The zero-order valence-corrected chi connectivity index (χ0v) is 17.4. The topological polar surface area (TPSA) is 119 Å². The Balaban J connectivity index is 1.36. The van der Waals surface area contributed by atoms with Gasteiger partial charge in [-0.2, -0.15) is 5.10 Å². The van der Waals surface area contributed by atoms with Gasteiger partial charge in [0, 0.05) is 25.1 Å². The van der Waals surface area contributed by atoms with E-state index in [0.717, 1.165) is 22.7 Å². The maximum absolute atomic E-state index is 12.6. The molecule has 2 amide bonds. The summed E-state index contributed by atoms with van der Waals surface area (Å²) in [4.78, 5) is 42.1. The van der Waals surface area contributed by atoms with Gasteiger partial charge in [0.2, 0.25) is 5.91 Å². The molecule has 3 heterocycles. The third-order valence-corrected chi connectivity index (χ3v) is 5.98. The molecule has 4 rings (SSSR count). The monoisotopic (exact) mass is 427 g/mol.